The van der Waals surface area contributed by atoms with Crippen LogP contribution in [-0.2, 0) is 9.84 Å². The van der Waals surface area contributed by atoms with E-state index in [1.54, 1.807) is 6.92 Å². The van der Waals surface area contributed by atoms with Crippen LogP contribution < -0.4 is 5.32 Å². The van der Waals surface area contributed by atoms with Crippen molar-refractivity contribution in [3.8, 4) is 0 Å². The predicted molar refractivity (Wildman–Crippen MR) is 85.9 cm³/mol. The normalized spacial score (nSPS) is 13.7. The van der Waals surface area contributed by atoms with Crippen LogP contribution in [0, 0.1) is 0 Å². The number of hydrogen-bond acceptors (Lipinski definition) is 3. The van der Waals surface area contributed by atoms with Gasteiger partial charge in [0, 0.05) is 11.8 Å². The van der Waals surface area contributed by atoms with Gasteiger partial charge < -0.3 is 5.32 Å². The van der Waals surface area contributed by atoms with Crippen LogP contribution in [0.2, 0.25) is 0 Å². The SMILES string of the molecule is CCS(=O)(=O)CCCC(NC)c1ccc(C(C)C)cc1. The Kier molecular flexibility index (Phi) is 6.69. The molecule has 0 aliphatic rings. The van der Waals surface area contributed by atoms with Gasteiger partial charge in [0.25, 0.3) is 0 Å². The van der Waals surface area contributed by atoms with Crippen molar-refractivity contribution in [3.63, 3.8) is 0 Å². The van der Waals surface area contributed by atoms with Gasteiger partial charge in [-0.15, -0.1) is 0 Å². The van der Waals surface area contributed by atoms with E-state index < -0.39 is 9.84 Å². The standard InChI is InChI=1S/C16H27NO2S/c1-5-20(18,19)12-6-7-16(17-4)15-10-8-14(9-11-15)13(2)3/h8-11,13,16-17H,5-7,12H2,1-4H3. The zero-order valence-electron chi connectivity index (χ0n) is 13.0. The molecule has 0 amide bonds. The Labute approximate surface area is 123 Å². The Morgan fingerprint density at radius 3 is 2.10 bits per heavy atom. The fourth-order valence-corrected chi connectivity index (χ4v) is 3.14. The summed E-state index contributed by atoms with van der Waals surface area (Å²) in [6, 6.07) is 8.83. The maximum absolute atomic E-state index is 11.5. The summed E-state index contributed by atoms with van der Waals surface area (Å²) in [5.41, 5.74) is 2.56. The van der Waals surface area contributed by atoms with Crippen molar-refractivity contribution in [3.05, 3.63) is 35.4 Å². The molecule has 3 nitrogen and oxygen atoms in total. The van der Waals surface area contributed by atoms with E-state index in [2.05, 4.69) is 43.4 Å². The lowest BCUT2D eigenvalue weighted by Crippen LogP contribution is -2.18. The van der Waals surface area contributed by atoms with E-state index in [0.29, 0.717) is 12.3 Å². The Hall–Kier alpha value is -0.870. The molecule has 0 bridgehead atoms. The van der Waals surface area contributed by atoms with Crippen LogP contribution in [0.4, 0.5) is 0 Å². The summed E-state index contributed by atoms with van der Waals surface area (Å²) in [5, 5.41) is 3.28. The fraction of sp³-hybridized carbons (Fsp3) is 0.625. The van der Waals surface area contributed by atoms with E-state index >= 15 is 0 Å². The molecule has 1 rings (SSSR count). The highest BCUT2D eigenvalue weighted by Gasteiger charge is 2.12. The molecule has 4 heteroatoms. The van der Waals surface area contributed by atoms with Crippen molar-refractivity contribution < 1.29 is 8.42 Å². The lowest BCUT2D eigenvalue weighted by molar-refractivity contribution is 0.535. The van der Waals surface area contributed by atoms with E-state index in [4.69, 9.17) is 0 Å². The summed E-state index contributed by atoms with van der Waals surface area (Å²) in [6.45, 7) is 6.07. The minimum atomic E-state index is -2.85. The predicted octanol–water partition coefficient (Wildman–Crippen LogP) is 3.29. The lowest BCUT2D eigenvalue weighted by atomic mass is 9.97. The third-order valence-electron chi connectivity index (χ3n) is 3.74. The van der Waals surface area contributed by atoms with E-state index in [9.17, 15) is 8.42 Å². The van der Waals surface area contributed by atoms with Gasteiger partial charge >= 0.3 is 0 Å². The smallest absolute Gasteiger partial charge is 0.150 e. The van der Waals surface area contributed by atoms with E-state index in [1.807, 2.05) is 7.05 Å². The molecule has 0 spiro atoms. The second kappa shape index (κ2) is 7.79. The van der Waals surface area contributed by atoms with E-state index in [0.717, 1.165) is 6.42 Å². The lowest BCUT2D eigenvalue weighted by Gasteiger charge is -2.17. The van der Waals surface area contributed by atoms with E-state index in [-0.39, 0.29) is 17.5 Å². The van der Waals surface area contributed by atoms with Crippen molar-refractivity contribution in [2.75, 3.05) is 18.6 Å². The maximum atomic E-state index is 11.5. The molecule has 1 aromatic rings. The highest BCUT2D eigenvalue weighted by Crippen LogP contribution is 2.21. The molecule has 1 N–H and O–H groups in total. The number of sulfone groups is 1. The van der Waals surface area contributed by atoms with Gasteiger partial charge in [0.05, 0.1) is 5.75 Å². The number of benzene rings is 1. The van der Waals surface area contributed by atoms with Crippen LogP contribution in [0.15, 0.2) is 24.3 Å². The summed E-state index contributed by atoms with van der Waals surface area (Å²) in [4.78, 5) is 0. The van der Waals surface area contributed by atoms with Crippen LogP contribution in [0.1, 0.15) is 56.7 Å². The highest BCUT2D eigenvalue weighted by atomic mass is 32.2. The summed E-state index contributed by atoms with van der Waals surface area (Å²) >= 11 is 0. The van der Waals surface area contributed by atoms with Gasteiger partial charge in [0.1, 0.15) is 9.84 Å². The molecule has 0 aliphatic heterocycles. The van der Waals surface area contributed by atoms with Crippen LogP contribution in [0.25, 0.3) is 0 Å². The Morgan fingerprint density at radius 1 is 1.10 bits per heavy atom. The molecule has 1 atom stereocenters. The first kappa shape index (κ1) is 17.2. The molecule has 0 fully saturated rings. The van der Waals surface area contributed by atoms with Gasteiger partial charge in [-0.25, -0.2) is 8.42 Å². The monoisotopic (exact) mass is 297 g/mol. The van der Waals surface area contributed by atoms with Crippen molar-refractivity contribution in [1.82, 2.24) is 5.32 Å². The Balaban J connectivity index is 2.62. The summed E-state index contributed by atoms with van der Waals surface area (Å²) < 4.78 is 23.0. The first-order valence-corrected chi connectivity index (χ1v) is 9.19. The molecule has 0 aromatic heterocycles. The molecular weight excluding hydrogens is 270 g/mol. The zero-order valence-corrected chi connectivity index (χ0v) is 13.8. The van der Waals surface area contributed by atoms with Crippen LogP contribution >= 0.6 is 0 Å². The first-order chi connectivity index (χ1) is 9.39. The number of rotatable bonds is 8. The fourth-order valence-electron chi connectivity index (χ4n) is 2.24. The second-order valence-corrected chi connectivity index (χ2v) is 8.01. The minimum absolute atomic E-state index is 0.225. The summed E-state index contributed by atoms with van der Waals surface area (Å²) in [6.07, 6.45) is 1.55. The zero-order chi connectivity index (χ0) is 15.2. The Bertz CT molecular complexity index is 492. The first-order valence-electron chi connectivity index (χ1n) is 7.37. The van der Waals surface area contributed by atoms with Crippen LogP contribution in [0.3, 0.4) is 0 Å². The van der Waals surface area contributed by atoms with Crippen molar-refractivity contribution in [1.29, 1.82) is 0 Å². The molecule has 0 radical (unpaired) electrons. The number of nitrogens with one attached hydrogen (secondary N) is 1. The quantitative estimate of drug-likeness (QED) is 0.801. The van der Waals surface area contributed by atoms with Crippen LogP contribution in [-0.4, -0.2) is 27.0 Å². The Morgan fingerprint density at radius 2 is 1.65 bits per heavy atom. The topological polar surface area (TPSA) is 46.2 Å². The molecular formula is C16H27NO2S. The van der Waals surface area contributed by atoms with Gasteiger partial charge in [0.15, 0.2) is 0 Å². The average Bonchev–Trinajstić information content (AvgIpc) is 2.44. The molecule has 0 saturated carbocycles. The summed E-state index contributed by atoms with van der Waals surface area (Å²) in [5.74, 6) is 1.05. The third-order valence-corrected chi connectivity index (χ3v) is 5.53. The average molecular weight is 297 g/mol. The molecule has 0 heterocycles. The number of hydrogen-bond donors (Lipinski definition) is 1. The second-order valence-electron chi connectivity index (χ2n) is 5.54. The van der Waals surface area contributed by atoms with Gasteiger partial charge in [-0.05, 0) is 36.9 Å². The van der Waals surface area contributed by atoms with Crippen molar-refractivity contribution >= 4 is 9.84 Å². The minimum Gasteiger partial charge on any atom is -0.313 e. The summed E-state index contributed by atoms with van der Waals surface area (Å²) in [7, 11) is -0.925. The van der Waals surface area contributed by atoms with Crippen LogP contribution in [0.5, 0.6) is 0 Å². The molecule has 0 aliphatic carbocycles. The van der Waals surface area contributed by atoms with Gasteiger partial charge in [-0.3, -0.25) is 0 Å². The van der Waals surface area contributed by atoms with Gasteiger partial charge in [0.2, 0.25) is 0 Å². The molecule has 1 unspecified atom stereocenters. The molecule has 1 aromatic carbocycles. The molecule has 0 saturated heterocycles. The molecule has 114 valence electrons. The highest BCUT2D eigenvalue weighted by molar-refractivity contribution is 7.91. The molecule has 20 heavy (non-hydrogen) atoms. The van der Waals surface area contributed by atoms with E-state index in [1.165, 1.54) is 11.1 Å². The van der Waals surface area contributed by atoms with Gasteiger partial charge in [-0.1, -0.05) is 45.0 Å². The van der Waals surface area contributed by atoms with Crippen molar-refractivity contribution in [2.45, 2.75) is 45.6 Å². The third kappa shape index (κ3) is 5.25. The van der Waals surface area contributed by atoms with Gasteiger partial charge in [-0.2, -0.15) is 0 Å². The largest absolute Gasteiger partial charge is 0.313 e. The van der Waals surface area contributed by atoms with Crippen molar-refractivity contribution in [2.24, 2.45) is 0 Å². The maximum Gasteiger partial charge on any atom is 0.150 e.